The molecule has 0 atom stereocenters. The minimum atomic E-state index is -3.57. The van der Waals surface area contributed by atoms with Gasteiger partial charge in [-0.1, -0.05) is 12.8 Å². The first-order valence-corrected chi connectivity index (χ1v) is 7.15. The highest BCUT2D eigenvalue weighted by atomic mass is 32.2. The van der Waals surface area contributed by atoms with Gasteiger partial charge in [-0.15, -0.1) is 0 Å². The van der Waals surface area contributed by atoms with E-state index in [0.29, 0.717) is 12.8 Å². The van der Waals surface area contributed by atoms with Crippen LogP contribution in [0.3, 0.4) is 0 Å². The molecular formula is C10H16N2O4S. The molecule has 0 radical (unpaired) electrons. The fourth-order valence-corrected chi connectivity index (χ4v) is 3.66. The molecule has 7 heteroatoms. The largest absolute Gasteiger partial charge is 0.481 e. The van der Waals surface area contributed by atoms with Crippen LogP contribution in [-0.4, -0.2) is 31.8 Å². The van der Waals surface area contributed by atoms with E-state index in [1.165, 1.54) is 0 Å². The van der Waals surface area contributed by atoms with E-state index < -0.39 is 21.4 Å². The van der Waals surface area contributed by atoms with Gasteiger partial charge in [0.25, 0.3) is 0 Å². The number of carboxylic acid groups (broad SMARTS) is 1. The summed E-state index contributed by atoms with van der Waals surface area (Å²) in [5.41, 5.74) is -0.783. The van der Waals surface area contributed by atoms with Gasteiger partial charge in [-0.05, 0) is 12.8 Å². The van der Waals surface area contributed by atoms with Crippen molar-refractivity contribution in [2.45, 2.75) is 32.1 Å². The standard InChI is InChI=1S/C10H16N2O4S/c11-7-10(4-1-2-5-10)8-17(15,16)12-6-3-9(13)14/h12H,1-6,8H2,(H,13,14). The lowest BCUT2D eigenvalue weighted by molar-refractivity contribution is -0.136. The molecular weight excluding hydrogens is 244 g/mol. The number of nitrogens with zero attached hydrogens (tertiary/aromatic N) is 1. The number of nitriles is 1. The maximum absolute atomic E-state index is 11.7. The molecule has 17 heavy (non-hydrogen) atoms. The zero-order chi connectivity index (χ0) is 12.9. The highest BCUT2D eigenvalue weighted by molar-refractivity contribution is 7.89. The van der Waals surface area contributed by atoms with Crippen LogP contribution in [0.5, 0.6) is 0 Å². The number of hydrogen-bond acceptors (Lipinski definition) is 4. The van der Waals surface area contributed by atoms with Crippen molar-refractivity contribution in [3.63, 3.8) is 0 Å². The van der Waals surface area contributed by atoms with Crippen LogP contribution < -0.4 is 4.72 Å². The van der Waals surface area contributed by atoms with Crippen LogP contribution in [0.1, 0.15) is 32.1 Å². The average Bonchev–Trinajstić information content (AvgIpc) is 2.65. The molecule has 0 saturated heterocycles. The van der Waals surface area contributed by atoms with E-state index in [1.807, 2.05) is 0 Å². The maximum Gasteiger partial charge on any atom is 0.304 e. The second-order valence-corrected chi connectivity index (χ2v) is 6.20. The van der Waals surface area contributed by atoms with Crippen molar-refractivity contribution in [3.8, 4) is 6.07 Å². The van der Waals surface area contributed by atoms with Crippen molar-refractivity contribution < 1.29 is 18.3 Å². The van der Waals surface area contributed by atoms with E-state index in [2.05, 4.69) is 10.8 Å². The van der Waals surface area contributed by atoms with Crippen molar-refractivity contribution in [1.82, 2.24) is 4.72 Å². The normalized spacial score (nSPS) is 18.8. The highest BCUT2D eigenvalue weighted by Crippen LogP contribution is 2.38. The van der Waals surface area contributed by atoms with E-state index in [9.17, 15) is 13.2 Å². The summed E-state index contributed by atoms with van der Waals surface area (Å²) in [6.07, 6.45) is 2.70. The molecule has 0 aromatic rings. The first-order chi connectivity index (χ1) is 7.89. The lowest BCUT2D eigenvalue weighted by Crippen LogP contribution is -2.35. The van der Waals surface area contributed by atoms with Gasteiger partial charge >= 0.3 is 5.97 Å². The molecule has 1 fully saturated rings. The number of carboxylic acids is 1. The molecule has 2 N–H and O–H groups in total. The molecule has 1 aliphatic rings. The summed E-state index contributed by atoms with van der Waals surface area (Å²) >= 11 is 0. The Labute approximate surface area is 101 Å². The fraction of sp³-hybridized carbons (Fsp3) is 0.800. The van der Waals surface area contributed by atoms with Crippen molar-refractivity contribution in [2.24, 2.45) is 5.41 Å². The Morgan fingerprint density at radius 2 is 2.00 bits per heavy atom. The maximum atomic E-state index is 11.7. The number of carbonyl (C=O) groups is 1. The molecule has 0 unspecified atom stereocenters. The van der Waals surface area contributed by atoms with Crippen LogP contribution in [0.2, 0.25) is 0 Å². The van der Waals surface area contributed by atoms with Crippen LogP contribution >= 0.6 is 0 Å². The van der Waals surface area contributed by atoms with Gasteiger partial charge in [-0.3, -0.25) is 4.79 Å². The summed E-state index contributed by atoms with van der Waals surface area (Å²) < 4.78 is 25.6. The zero-order valence-electron chi connectivity index (χ0n) is 9.48. The summed E-state index contributed by atoms with van der Waals surface area (Å²) in [4.78, 5) is 10.3. The van der Waals surface area contributed by atoms with Gasteiger partial charge < -0.3 is 5.11 Å². The molecule has 96 valence electrons. The van der Waals surface area contributed by atoms with E-state index in [1.54, 1.807) is 0 Å². The van der Waals surface area contributed by atoms with Crippen molar-refractivity contribution in [3.05, 3.63) is 0 Å². The lowest BCUT2D eigenvalue weighted by Gasteiger charge is -2.19. The Hall–Kier alpha value is -1.13. The monoisotopic (exact) mass is 260 g/mol. The Balaban J connectivity index is 2.54. The molecule has 0 aromatic heterocycles. The molecule has 0 bridgehead atoms. The number of aliphatic carboxylic acids is 1. The van der Waals surface area contributed by atoms with Gasteiger partial charge in [0.15, 0.2) is 0 Å². The molecule has 0 amide bonds. The number of rotatable bonds is 6. The summed E-state index contributed by atoms with van der Waals surface area (Å²) in [7, 11) is -3.57. The summed E-state index contributed by atoms with van der Waals surface area (Å²) in [6, 6.07) is 2.10. The number of sulfonamides is 1. The number of hydrogen-bond donors (Lipinski definition) is 2. The topological polar surface area (TPSA) is 107 Å². The molecule has 1 rings (SSSR count). The van der Waals surface area contributed by atoms with Gasteiger partial charge in [-0.25, -0.2) is 13.1 Å². The Kier molecular flexibility index (Phi) is 4.48. The molecule has 0 aromatic carbocycles. The Bertz CT molecular complexity index is 418. The molecule has 0 aliphatic heterocycles. The lowest BCUT2D eigenvalue weighted by atomic mass is 9.91. The summed E-state index contributed by atoms with van der Waals surface area (Å²) in [6.45, 7) is -0.126. The van der Waals surface area contributed by atoms with Crippen molar-refractivity contribution in [1.29, 1.82) is 5.26 Å². The van der Waals surface area contributed by atoms with E-state index >= 15 is 0 Å². The highest BCUT2D eigenvalue weighted by Gasteiger charge is 2.38. The van der Waals surface area contributed by atoms with Crippen LogP contribution in [0.25, 0.3) is 0 Å². The SMILES string of the molecule is N#CC1(CS(=O)(=O)NCCC(=O)O)CCCC1. The van der Waals surface area contributed by atoms with Crippen LogP contribution in [0.15, 0.2) is 0 Å². The van der Waals surface area contributed by atoms with Crippen molar-refractivity contribution in [2.75, 3.05) is 12.3 Å². The molecule has 6 nitrogen and oxygen atoms in total. The quantitative estimate of drug-likeness (QED) is 0.721. The Morgan fingerprint density at radius 1 is 1.41 bits per heavy atom. The average molecular weight is 260 g/mol. The van der Waals surface area contributed by atoms with Gasteiger partial charge in [0, 0.05) is 6.54 Å². The first kappa shape index (κ1) is 13.9. The second kappa shape index (κ2) is 5.47. The van der Waals surface area contributed by atoms with Gasteiger partial charge in [0.2, 0.25) is 10.0 Å². The third-order valence-corrected chi connectivity index (χ3v) is 4.50. The van der Waals surface area contributed by atoms with E-state index in [0.717, 1.165) is 12.8 Å². The minimum Gasteiger partial charge on any atom is -0.481 e. The van der Waals surface area contributed by atoms with Gasteiger partial charge in [-0.2, -0.15) is 5.26 Å². The third kappa shape index (κ3) is 4.32. The van der Waals surface area contributed by atoms with Crippen LogP contribution in [0.4, 0.5) is 0 Å². The third-order valence-electron chi connectivity index (χ3n) is 2.92. The van der Waals surface area contributed by atoms with Gasteiger partial charge in [0.05, 0.1) is 23.7 Å². The molecule has 1 saturated carbocycles. The van der Waals surface area contributed by atoms with Crippen LogP contribution in [-0.2, 0) is 14.8 Å². The fourth-order valence-electron chi connectivity index (χ4n) is 2.07. The Morgan fingerprint density at radius 3 is 2.47 bits per heavy atom. The summed E-state index contributed by atoms with van der Waals surface area (Å²) in [5.74, 6) is -1.28. The predicted molar refractivity (Wildman–Crippen MR) is 60.6 cm³/mol. The van der Waals surface area contributed by atoms with E-state index in [-0.39, 0.29) is 18.7 Å². The molecule has 0 heterocycles. The van der Waals surface area contributed by atoms with Crippen LogP contribution in [0, 0.1) is 16.7 Å². The molecule has 0 spiro atoms. The number of nitrogens with one attached hydrogen (secondary N) is 1. The van der Waals surface area contributed by atoms with Gasteiger partial charge in [0.1, 0.15) is 0 Å². The zero-order valence-corrected chi connectivity index (χ0v) is 10.3. The van der Waals surface area contributed by atoms with E-state index in [4.69, 9.17) is 10.4 Å². The van der Waals surface area contributed by atoms with Crippen molar-refractivity contribution >= 4 is 16.0 Å². The smallest absolute Gasteiger partial charge is 0.304 e. The first-order valence-electron chi connectivity index (χ1n) is 5.50. The minimum absolute atomic E-state index is 0.126. The predicted octanol–water partition coefficient (Wildman–Crippen LogP) is 0.464. The summed E-state index contributed by atoms with van der Waals surface area (Å²) in [5, 5.41) is 17.5. The second-order valence-electron chi connectivity index (χ2n) is 4.40. The molecule has 1 aliphatic carbocycles.